The first-order valence-corrected chi connectivity index (χ1v) is 9.85. The molecule has 2 N–H and O–H groups in total. The molecule has 0 fully saturated rings. The van der Waals surface area contributed by atoms with Crippen LogP contribution in [-0.4, -0.2) is 20.1 Å². The Balaban J connectivity index is 2.07. The van der Waals surface area contributed by atoms with Crippen molar-refractivity contribution in [3.63, 3.8) is 0 Å². The summed E-state index contributed by atoms with van der Waals surface area (Å²) < 4.78 is 24.4. The molecule has 4 nitrogen and oxygen atoms in total. The maximum atomic E-state index is 12.2. The molecular formula is C17H18O4P2+2. The number of rotatable bonds is 4. The number of hydrogen-bond donors (Lipinski definition) is 2. The maximum absolute atomic E-state index is 12.2. The van der Waals surface area contributed by atoms with Crippen LogP contribution < -0.4 is 0 Å². The first kappa shape index (κ1) is 16.4. The van der Waals surface area contributed by atoms with Gasteiger partial charge in [0.05, 0.1) is 5.92 Å². The molecule has 0 saturated carbocycles. The molecule has 0 aromatic carbocycles. The molecule has 5 atom stereocenters. The second-order valence-electron chi connectivity index (χ2n) is 5.93. The van der Waals surface area contributed by atoms with Gasteiger partial charge in [-0.2, -0.15) is 9.79 Å². The molecule has 0 heterocycles. The first-order valence-electron chi connectivity index (χ1n) is 7.43. The van der Waals surface area contributed by atoms with Gasteiger partial charge in [0.2, 0.25) is 10.3 Å². The van der Waals surface area contributed by atoms with E-state index < -0.39 is 26.4 Å². The molecule has 118 valence electrons. The predicted octanol–water partition coefficient (Wildman–Crippen LogP) is 4.08. The largest absolute Gasteiger partial charge is 0.521 e. The smallest absolute Gasteiger partial charge is 0.160 e. The lowest BCUT2D eigenvalue weighted by Gasteiger charge is -2.31. The zero-order chi connectivity index (χ0) is 16.5. The monoisotopic (exact) mass is 348 g/mol. The fraction of sp³-hybridized carbons (Fsp3) is 0.294. The van der Waals surface area contributed by atoms with Crippen molar-refractivity contribution < 1.29 is 18.9 Å². The molecule has 6 heteroatoms. The van der Waals surface area contributed by atoms with Gasteiger partial charge in [0.1, 0.15) is 0 Å². The van der Waals surface area contributed by atoms with Crippen LogP contribution in [0.3, 0.4) is 0 Å². The minimum atomic E-state index is -2.52. The maximum Gasteiger partial charge on any atom is 0.521 e. The summed E-state index contributed by atoms with van der Waals surface area (Å²) in [7, 11) is -5.02. The van der Waals surface area contributed by atoms with E-state index in [9.17, 15) is 18.9 Å². The van der Waals surface area contributed by atoms with Crippen LogP contribution in [0.2, 0.25) is 0 Å². The quantitative estimate of drug-likeness (QED) is 0.751. The van der Waals surface area contributed by atoms with Crippen molar-refractivity contribution >= 4 is 16.1 Å². The average Bonchev–Trinajstić information content (AvgIpc) is 3.06. The lowest BCUT2D eigenvalue weighted by Crippen LogP contribution is -2.39. The highest BCUT2D eigenvalue weighted by atomic mass is 31.1. The molecule has 3 aliphatic carbocycles. The third-order valence-electron chi connectivity index (χ3n) is 4.78. The van der Waals surface area contributed by atoms with Crippen molar-refractivity contribution in [2.24, 2.45) is 5.92 Å². The standard InChI is InChI=1S/C17H16O4P2/c18-22(19)16(10-3-1-4-11-16)14-8-7-9-15(14)17(23(20)21)12-5-2-6-13-17/h1-10,12,14H,11,13H2/p+2. The van der Waals surface area contributed by atoms with Crippen molar-refractivity contribution in [1.82, 2.24) is 0 Å². The van der Waals surface area contributed by atoms with Gasteiger partial charge >= 0.3 is 16.1 Å². The third kappa shape index (κ3) is 2.56. The fourth-order valence-corrected chi connectivity index (χ4v) is 5.37. The minimum Gasteiger partial charge on any atom is -0.160 e. The van der Waals surface area contributed by atoms with Crippen molar-refractivity contribution in [3.05, 3.63) is 72.4 Å². The molecule has 0 aromatic heterocycles. The van der Waals surface area contributed by atoms with Crippen molar-refractivity contribution in [1.29, 1.82) is 0 Å². The third-order valence-corrected chi connectivity index (χ3v) is 7.37. The lowest BCUT2D eigenvalue weighted by molar-refractivity contribution is 0.427. The summed E-state index contributed by atoms with van der Waals surface area (Å²) in [5, 5.41) is -1.97. The van der Waals surface area contributed by atoms with Crippen LogP contribution in [0.4, 0.5) is 0 Å². The van der Waals surface area contributed by atoms with Gasteiger partial charge in [0, 0.05) is 18.4 Å². The number of hydrogen-bond acceptors (Lipinski definition) is 2. The Hall–Kier alpha value is -1.44. The van der Waals surface area contributed by atoms with Crippen molar-refractivity contribution in [2.75, 3.05) is 0 Å². The molecule has 0 spiro atoms. The van der Waals surface area contributed by atoms with Crippen LogP contribution in [0.25, 0.3) is 0 Å². The molecule has 0 bridgehead atoms. The summed E-state index contributed by atoms with van der Waals surface area (Å²) >= 11 is 0. The van der Waals surface area contributed by atoms with Crippen LogP contribution >= 0.6 is 16.1 Å². The van der Waals surface area contributed by atoms with Crippen molar-refractivity contribution in [3.8, 4) is 0 Å². The second-order valence-corrected chi connectivity index (χ2v) is 8.65. The molecule has 0 aromatic rings. The van der Waals surface area contributed by atoms with Gasteiger partial charge in [-0.3, -0.25) is 0 Å². The molecule has 3 rings (SSSR count). The van der Waals surface area contributed by atoms with Gasteiger partial charge in [0.15, 0.2) is 0 Å². The topological polar surface area (TPSA) is 74.6 Å². The van der Waals surface area contributed by atoms with Gasteiger partial charge in [-0.05, 0) is 21.3 Å². The Kier molecular flexibility index (Phi) is 4.44. The Labute approximate surface area is 137 Å². The summed E-state index contributed by atoms with van der Waals surface area (Å²) in [6.45, 7) is 0. The van der Waals surface area contributed by atoms with Gasteiger partial charge in [0.25, 0.3) is 0 Å². The highest BCUT2D eigenvalue weighted by molar-refractivity contribution is 7.41. The SMILES string of the molecule is O=[P+](O)C1(C2=CC=CC2C2([P+](=O)O)C=CC=CC2)C=CC=CC1. The van der Waals surface area contributed by atoms with Crippen LogP contribution in [0.5, 0.6) is 0 Å². The predicted molar refractivity (Wildman–Crippen MR) is 91.6 cm³/mol. The molecular weight excluding hydrogens is 330 g/mol. The van der Waals surface area contributed by atoms with E-state index in [-0.39, 0.29) is 5.92 Å². The van der Waals surface area contributed by atoms with E-state index >= 15 is 0 Å². The average molecular weight is 348 g/mol. The Morgan fingerprint density at radius 1 is 0.913 bits per heavy atom. The van der Waals surface area contributed by atoms with Gasteiger partial charge in [-0.1, -0.05) is 54.7 Å². The molecule has 23 heavy (non-hydrogen) atoms. The molecule has 5 unspecified atom stereocenters. The molecule has 0 aliphatic heterocycles. The summed E-state index contributed by atoms with van der Waals surface area (Å²) in [4.78, 5) is 20.0. The fourth-order valence-electron chi connectivity index (χ4n) is 3.52. The van der Waals surface area contributed by atoms with Crippen LogP contribution in [0.15, 0.2) is 72.4 Å². The zero-order valence-electron chi connectivity index (χ0n) is 12.4. The van der Waals surface area contributed by atoms with Crippen LogP contribution in [0.1, 0.15) is 12.8 Å². The van der Waals surface area contributed by atoms with E-state index in [2.05, 4.69) is 0 Å². The van der Waals surface area contributed by atoms with Gasteiger partial charge in [-0.15, -0.1) is 0 Å². The molecule has 0 radical (unpaired) electrons. The van der Waals surface area contributed by atoms with Crippen molar-refractivity contribution in [2.45, 2.75) is 23.2 Å². The molecule has 0 saturated heterocycles. The van der Waals surface area contributed by atoms with E-state index in [0.29, 0.717) is 12.8 Å². The highest BCUT2D eigenvalue weighted by Crippen LogP contribution is 2.58. The van der Waals surface area contributed by atoms with Gasteiger partial charge < -0.3 is 0 Å². The number of allylic oxidation sites excluding steroid dienone is 12. The van der Waals surface area contributed by atoms with E-state index in [1.807, 2.05) is 42.5 Å². The Bertz CT molecular complexity index is 729. The summed E-state index contributed by atoms with van der Waals surface area (Å²) in [5.41, 5.74) is 0.735. The highest BCUT2D eigenvalue weighted by Gasteiger charge is 2.61. The van der Waals surface area contributed by atoms with E-state index in [0.717, 1.165) is 5.57 Å². The van der Waals surface area contributed by atoms with Crippen LogP contribution in [0, 0.1) is 5.92 Å². The molecule has 3 aliphatic rings. The Morgan fingerprint density at radius 2 is 1.61 bits per heavy atom. The minimum absolute atomic E-state index is 0.375. The summed E-state index contributed by atoms with van der Waals surface area (Å²) in [6, 6.07) is 0. The zero-order valence-corrected chi connectivity index (χ0v) is 14.2. The summed E-state index contributed by atoms with van der Waals surface area (Å²) in [6.07, 6.45) is 20.8. The van der Waals surface area contributed by atoms with Gasteiger partial charge in [-0.25, -0.2) is 0 Å². The van der Waals surface area contributed by atoms with E-state index in [1.165, 1.54) is 0 Å². The van der Waals surface area contributed by atoms with E-state index in [4.69, 9.17) is 0 Å². The second kappa shape index (κ2) is 6.22. The normalized spacial score (nSPS) is 36.3. The lowest BCUT2D eigenvalue weighted by atomic mass is 9.76. The van der Waals surface area contributed by atoms with E-state index in [1.54, 1.807) is 24.3 Å². The first-order chi connectivity index (χ1) is 11.0. The van der Waals surface area contributed by atoms with Crippen LogP contribution in [-0.2, 0) is 9.13 Å². The molecule has 0 amide bonds. The Morgan fingerprint density at radius 3 is 2.13 bits per heavy atom. The summed E-state index contributed by atoms with van der Waals surface area (Å²) in [5.74, 6) is -0.375.